The van der Waals surface area contributed by atoms with Crippen molar-refractivity contribution < 1.29 is 4.74 Å². The van der Waals surface area contributed by atoms with Gasteiger partial charge in [-0.2, -0.15) is 0 Å². The maximum Gasteiger partial charge on any atom is 0.0530 e. The highest BCUT2D eigenvalue weighted by Gasteiger charge is 2.29. The van der Waals surface area contributed by atoms with Crippen molar-refractivity contribution in [1.82, 2.24) is 0 Å². The van der Waals surface area contributed by atoms with Crippen molar-refractivity contribution >= 4 is 15.9 Å². The average molecular weight is 333 g/mol. The van der Waals surface area contributed by atoms with Gasteiger partial charge in [0.25, 0.3) is 0 Å². The summed E-state index contributed by atoms with van der Waals surface area (Å²) in [4.78, 5) is 0. The highest BCUT2D eigenvalue weighted by molar-refractivity contribution is 9.09. The Bertz CT molecular complexity index is 197. The smallest absolute Gasteiger partial charge is 0.0530 e. The first kappa shape index (κ1) is 17.5. The largest absolute Gasteiger partial charge is 0.381 e. The van der Waals surface area contributed by atoms with Crippen LogP contribution in [0.3, 0.4) is 0 Å². The highest BCUT2D eigenvalue weighted by atomic mass is 79.9. The summed E-state index contributed by atoms with van der Waals surface area (Å²) in [5, 5.41) is 1.12. The standard InChI is InChI=1S/C17H33BrO/c1-2-3-4-5-8-11-14-19-16-17(15-18)12-9-6-7-10-13-17/h2-16H2,1H3. The minimum Gasteiger partial charge on any atom is -0.381 e. The molecule has 1 fully saturated rings. The molecule has 0 bridgehead atoms. The Morgan fingerprint density at radius 2 is 1.53 bits per heavy atom. The Kier molecular flexibility index (Phi) is 10.3. The first-order chi connectivity index (χ1) is 9.33. The van der Waals surface area contributed by atoms with Gasteiger partial charge in [0, 0.05) is 17.4 Å². The molecule has 0 aliphatic heterocycles. The van der Waals surface area contributed by atoms with E-state index in [1.807, 2.05) is 0 Å². The zero-order chi connectivity index (χ0) is 13.8. The summed E-state index contributed by atoms with van der Waals surface area (Å²) >= 11 is 3.73. The number of hydrogen-bond acceptors (Lipinski definition) is 1. The Hall–Kier alpha value is 0.440. The van der Waals surface area contributed by atoms with E-state index in [1.54, 1.807) is 0 Å². The van der Waals surface area contributed by atoms with Crippen LogP contribution in [0.2, 0.25) is 0 Å². The van der Waals surface area contributed by atoms with Crippen LogP contribution in [-0.4, -0.2) is 18.5 Å². The van der Waals surface area contributed by atoms with Crippen molar-refractivity contribution in [3.05, 3.63) is 0 Å². The van der Waals surface area contributed by atoms with Crippen LogP contribution in [0.1, 0.15) is 84.0 Å². The van der Waals surface area contributed by atoms with E-state index >= 15 is 0 Å². The number of ether oxygens (including phenoxy) is 1. The van der Waals surface area contributed by atoms with Crippen molar-refractivity contribution in [3.8, 4) is 0 Å². The normalized spacial score (nSPS) is 19.3. The summed E-state index contributed by atoms with van der Waals surface area (Å²) in [5.74, 6) is 0. The molecule has 1 aliphatic carbocycles. The predicted octanol–water partition coefficient (Wildman–Crippen LogP) is 6.10. The van der Waals surface area contributed by atoms with Gasteiger partial charge < -0.3 is 4.74 Å². The van der Waals surface area contributed by atoms with Gasteiger partial charge in [0.1, 0.15) is 0 Å². The van der Waals surface area contributed by atoms with Gasteiger partial charge in [-0.05, 0) is 19.3 Å². The molecule has 0 atom stereocenters. The van der Waals surface area contributed by atoms with E-state index in [2.05, 4.69) is 22.9 Å². The molecule has 0 aromatic heterocycles. The molecule has 0 amide bonds. The van der Waals surface area contributed by atoms with E-state index in [4.69, 9.17) is 4.74 Å². The molecule has 1 rings (SSSR count). The number of hydrogen-bond donors (Lipinski definition) is 0. The summed E-state index contributed by atoms with van der Waals surface area (Å²) in [6.45, 7) is 4.23. The van der Waals surface area contributed by atoms with Crippen LogP contribution in [-0.2, 0) is 4.74 Å². The van der Waals surface area contributed by atoms with E-state index in [0.717, 1.165) is 18.5 Å². The van der Waals surface area contributed by atoms with E-state index in [1.165, 1.54) is 77.0 Å². The Labute approximate surface area is 129 Å². The predicted molar refractivity (Wildman–Crippen MR) is 88.1 cm³/mol. The van der Waals surface area contributed by atoms with Gasteiger partial charge in [-0.3, -0.25) is 0 Å². The molecular formula is C17H33BrO. The van der Waals surface area contributed by atoms with Crippen molar-refractivity contribution in [2.75, 3.05) is 18.5 Å². The molecule has 19 heavy (non-hydrogen) atoms. The minimum atomic E-state index is 0.443. The van der Waals surface area contributed by atoms with Gasteiger partial charge in [-0.1, -0.05) is 80.6 Å². The molecule has 0 aromatic carbocycles. The first-order valence-electron chi connectivity index (χ1n) is 8.47. The van der Waals surface area contributed by atoms with Crippen molar-refractivity contribution in [1.29, 1.82) is 0 Å². The summed E-state index contributed by atoms with van der Waals surface area (Å²) < 4.78 is 6.00. The third kappa shape index (κ3) is 7.70. The molecule has 0 saturated heterocycles. The third-order valence-electron chi connectivity index (χ3n) is 4.50. The topological polar surface area (TPSA) is 9.23 Å². The number of unbranched alkanes of at least 4 members (excludes halogenated alkanes) is 5. The minimum absolute atomic E-state index is 0.443. The van der Waals surface area contributed by atoms with E-state index in [0.29, 0.717) is 5.41 Å². The molecule has 1 aliphatic rings. The van der Waals surface area contributed by atoms with Crippen LogP contribution in [0.4, 0.5) is 0 Å². The summed E-state index contributed by atoms with van der Waals surface area (Å²) in [6, 6.07) is 0. The second-order valence-corrected chi connectivity index (χ2v) is 6.93. The molecule has 2 heteroatoms. The maximum absolute atomic E-state index is 6.00. The first-order valence-corrected chi connectivity index (χ1v) is 9.59. The lowest BCUT2D eigenvalue weighted by Crippen LogP contribution is -2.28. The van der Waals surface area contributed by atoms with Gasteiger partial charge >= 0.3 is 0 Å². The molecule has 0 unspecified atom stereocenters. The zero-order valence-corrected chi connectivity index (χ0v) is 14.5. The summed E-state index contributed by atoms with van der Waals surface area (Å²) in [6.07, 6.45) is 16.5. The van der Waals surface area contributed by atoms with Crippen molar-refractivity contribution in [2.45, 2.75) is 84.0 Å². The van der Waals surface area contributed by atoms with E-state index < -0.39 is 0 Å². The maximum atomic E-state index is 6.00. The molecule has 1 nitrogen and oxygen atoms in total. The molecule has 0 spiro atoms. The fraction of sp³-hybridized carbons (Fsp3) is 1.00. The molecule has 0 radical (unpaired) electrons. The van der Waals surface area contributed by atoms with Crippen LogP contribution in [0.15, 0.2) is 0 Å². The molecule has 0 heterocycles. The third-order valence-corrected chi connectivity index (χ3v) is 5.69. The second kappa shape index (κ2) is 11.1. The van der Waals surface area contributed by atoms with Crippen LogP contribution >= 0.6 is 15.9 Å². The SMILES string of the molecule is CCCCCCCCOCC1(CBr)CCCCCC1. The van der Waals surface area contributed by atoms with Gasteiger partial charge in [0.05, 0.1) is 6.61 Å². The van der Waals surface area contributed by atoms with Crippen LogP contribution in [0, 0.1) is 5.41 Å². The fourth-order valence-corrected chi connectivity index (χ4v) is 3.79. The Morgan fingerprint density at radius 1 is 0.895 bits per heavy atom. The van der Waals surface area contributed by atoms with Gasteiger partial charge in [-0.15, -0.1) is 0 Å². The van der Waals surface area contributed by atoms with E-state index in [-0.39, 0.29) is 0 Å². The summed E-state index contributed by atoms with van der Waals surface area (Å²) in [5.41, 5.74) is 0.443. The van der Waals surface area contributed by atoms with Crippen LogP contribution in [0.25, 0.3) is 0 Å². The molecule has 1 saturated carbocycles. The Morgan fingerprint density at radius 3 is 2.16 bits per heavy atom. The second-order valence-electron chi connectivity index (χ2n) is 6.37. The van der Waals surface area contributed by atoms with Crippen molar-refractivity contribution in [2.24, 2.45) is 5.41 Å². The number of rotatable bonds is 10. The fourth-order valence-electron chi connectivity index (χ4n) is 3.07. The number of alkyl halides is 1. The molecule has 0 aromatic rings. The number of halogens is 1. The van der Waals surface area contributed by atoms with Crippen LogP contribution < -0.4 is 0 Å². The van der Waals surface area contributed by atoms with Gasteiger partial charge in [-0.25, -0.2) is 0 Å². The molecule has 0 N–H and O–H groups in total. The van der Waals surface area contributed by atoms with Gasteiger partial charge in [0.15, 0.2) is 0 Å². The Balaban J connectivity index is 2.05. The zero-order valence-electron chi connectivity index (χ0n) is 12.9. The van der Waals surface area contributed by atoms with Crippen molar-refractivity contribution in [3.63, 3.8) is 0 Å². The lowest BCUT2D eigenvalue weighted by atomic mass is 9.83. The monoisotopic (exact) mass is 332 g/mol. The van der Waals surface area contributed by atoms with Gasteiger partial charge in [0.2, 0.25) is 0 Å². The summed E-state index contributed by atoms with van der Waals surface area (Å²) in [7, 11) is 0. The van der Waals surface area contributed by atoms with E-state index in [9.17, 15) is 0 Å². The molecular weight excluding hydrogens is 300 g/mol. The average Bonchev–Trinajstić information content (AvgIpc) is 2.68. The lowest BCUT2D eigenvalue weighted by molar-refractivity contribution is 0.0454. The molecule has 114 valence electrons. The lowest BCUT2D eigenvalue weighted by Gasteiger charge is -2.30. The quantitative estimate of drug-likeness (QED) is 0.267. The van der Waals surface area contributed by atoms with Crippen LogP contribution in [0.5, 0.6) is 0 Å². The highest BCUT2D eigenvalue weighted by Crippen LogP contribution is 2.36.